The Hall–Kier alpha value is -1.92. The Balaban J connectivity index is 1.79. The maximum Gasteiger partial charge on any atom is 0.319 e. The summed E-state index contributed by atoms with van der Waals surface area (Å²) in [5.41, 5.74) is 1.22. The third kappa shape index (κ3) is 5.65. The lowest BCUT2D eigenvalue weighted by atomic mass is 10.1. The number of nitrogens with one attached hydrogen (secondary N) is 2. The van der Waals surface area contributed by atoms with Crippen molar-refractivity contribution in [2.45, 2.75) is 19.9 Å². The van der Waals surface area contributed by atoms with Crippen molar-refractivity contribution in [1.82, 2.24) is 15.1 Å². The molecule has 23 heavy (non-hydrogen) atoms. The highest BCUT2D eigenvalue weighted by atomic mass is 16.2. The van der Waals surface area contributed by atoms with Crippen molar-refractivity contribution in [1.29, 1.82) is 0 Å². The predicted molar refractivity (Wildman–Crippen MR) is 92.0 cm³/mol. The quantitative estimate of drug-likeness (QED) is 0.810. The van der Waals surface area contributed by atoms with E-state index in [-0.39, 0.29) is 17.9 Å². The molecule has 1 heterocycles. The minimum absolute atomic E-state index is 0.0162. The molecule has 1 fully saturated rings. The Morgan fingerprint density at radius 1 is 1.22 bits per heavy atom. The highest BCUT2D eigenvalue weighted by Gasteiger charge is 2.17. The number of rotatable bonds is 5. The number of hydrogen-bond acceptors (Lipinski definition) is 4. The molecule has 1 saturated heterocycles. The van der Waals surface area contributed by atoms with Crippen LogP contribution in [0.1, 0.15) is 24.2 Å². The first-order valence-corrected chi connectivity index (χ1v) is 8.03. The van der Waals surface area contributed by atoms with Crippen LogP contribution >= 0.6 is 0 Å². The molecule has 2 N–H and O–H groups in total. The second kappa shape index (κ2) is 8.08. The smallest absolute Gasteiger partial charge is 0.319 e. The Kier molecular flexibility index (Phi) is 6.12. The number of ketones is 1. The second-order valence-corrected chi connectivity index (χ2v) is 6.24. The minimum Gasteiger partial charge on any atom is -0.334 e. The summed E-state index contributed by atoms with van der Waals surface area (Å²) in [6.07, 6.45) is 0. The van der Waals surface area contributed by atoms with Crippen molar-refractivity contribution in [3.63, 3.8) is 0 Å². The molecule has 1 aliphatic rings. The lowest BCUT2D eigenvalue weighted by Gasteiger charge is -2.34. The maximum absolute atomic E-state index is 12.1. The standard InChI is InChI=1S/C17H26N4O2/c1-13(12-21-9-7-20(3)8-10-21)18-17(23)19-16-6-4-5-15(11-16)14(2)22/h4-6,11,13H,7-10,12H2,1-3H3,(H2,18,19,23). The zero-order valence-corrected chi connectivity index (χ0v) is 14.1. The molecule has 6 nitrogen and oxygen atoms in total. The highest BCUT2D eigenvalue weighted by Crippen LogP contribution is 2.11. The average molecular weight is 318 g/mol. The summed E-state index contributed by atoms with van der Waals surface area (Å²) in [6.45, 7) is 8.55. The van der Waals surface area contributed by atoms with Crippen LogP contribution in [-0.4, -0.2) is 67.4 Å². The van der Waals surface area contributed by atoms with E-state index in [0.29, 0.717) is 11.3 Å². The second-order valence-electron chi connectivity index (χ2n) is 6.24. The first-order chi connectivity index (χ1) is 10.9. The van der Waals surface area contributed by atoms with E-state index in [2.05, 4.69) is 27.5 Å². The molecule has 0 aliphatic carbocycles. The lowest BCUT2D eigenvalue weighted by Crippen LogP contribution is -2.50. The van der Waals surface area contributed by atoms with E-state index in [1.165, 1.54) is 6.92 Å². The molecule has 2 amide bonds. The van der Waals surface area contributed by atoms with Crippen LogP contribution in [-0.2, 0) is 0 Å². The number of carbonyl (C=O) groups is 2. The van der Waals surface area contributed by atoms with Gasteiger partial charge in [-0.05, 0) is 33.0 Å². The van der Waals surface area contributed by atoms with Gasteiger partial charge in [-0.15, -0.1) is 0 Å². The van der Waals surface area contributed by atoms with Gasteiger partial charge in [-0.2, -0.15) is 0 Å². The Morgan fingerprint density at radius 3 is 2.57 bits per heavy atom. The van der Waals surface area contributed by atoms with Gasteiger partial charge in [0.25, 0.3) is 0 Å². The number of likely N-dealkylation sites (N-methyl/N-ethyl adjacent to an activating group) is 1. The van der Waals surface area contributed by atoms with E-state index in [1.807, 2.05) is 6.92 Å². The fraction of sp³-hybridized carbons (Fsp3) is 0.529. The van der Waals surface area contributed by atoms with Gasteiger partial charge in [0.05, 0.1) is 0 Å². The molecule has 126 valence electrons. The van der Waals surface area contributed by atoms with Crippen LogP contribution in [0.4, 0.5) is 10.5 Å². The van der Waals surface area contributed by atoms with Crippen molar-refractivity contribution >= 4 is 17.5 Å². The van der Waals surface area contributed by atoms with Gasteiger partial charge < -0.3 is 15.5 Å². The molecule has 0 bridgehead atoms. The SMILES string of the molecule is CC(=O)c1cccc(NC(=O)NC(C)CN2CCN(C)CC2)c1. The molecular weight excluding hydrogens is 292 g/mol. The number of piperazine rings is 1. The van der Waals surface area contributed by atoms with E-state index >= 15 is 0 Å². The Morgan fingerprint density at radius 2 is 1.91 bits per heavy atom. The number of Topliss-reactive ketones (excluding diaryl/α,β-unsaturated/α-hetero) is 1. The zero-order chi connectivity index (χ0) is 16.8. The van der Waals surface area contributed by atoms with Crippen LogP contribution in [0.25, 0.3) is 0 Å². The zero-order valence-electron chi connectivity index (χ0n) is 14.1. The fourth-order valence-electron chi connectivity index (χ4n) is 2.67. The monoisotopic (exact) mass is 318 g/mol. The van der Waals surface area contributed by atoms with E-state index in [9.17, 15) is 9.59 Å². The summed E-state index contributed by atoms with van der Waals surface area (Å²) >= 11 is 0. The van der Waals surface area contributed by atoms with Crippen LogP contribution in [0.5, 0.6) is 0 Å². The number of amides is 2. The summed E-state index contributed by atoms with van der Waals surface area (Å²) in [7, 11) is 2.13. The molecule has 1 atom stereocenters. The highest BCUT2D eigenvalue weighted by molar-refractivity contribution is 5.96. The normalized spacial score (nSPS) is 17.5. The molecule has 2 rings (SSSR count). The number of hydrogen-bond donors (Lipinski definition) is 2. The van der Waals surface area contributed by atoms with Gasteiger partial charge in [0.15, 0.2) is 5.78 Å². The molecule has 1 aliphatic heterocycles. The third-order valence-corrected chi connectivity index (χ3v) is 4.03. The molecule has 0 radical (unpaired) electrons. The van der Waals surface area contributed by atoms with Crippen molar-refractivity contribution in [3.8, 4) is 0 Å². The number of urea groups is 1. The molecule has 0 aromatic heterocycles. The van der Waals surface area contributed by atoms with Crippen LogP contribution in [0.15, 0.2) is 24.3 Å². The molecular formula is C17H26N4O2. The van der Waals surface area contributed by atoms with Crippen molar-refractivity contribution in [2.75, 3.05) is 45.1 Å². The Labute approximate surface area is 137 Å². The first kappa shape index (κ1) is 17.4. The van der Waals surface area contributed by atoms with E-state index in [0.717, 1.165) is 32.7 Å². The van der Waals surface area contributed by atoms with E-state index in [1.54, 1.807) is 24.3 Å². The largest absolute Gasteiger partial charge is 0.334 e. The van der Waals surface area contributed by atoms with Gasteiger partial charge in [-0.1, -0.05) is 12.1 Å². The molecule has 0 saturated carbocycles. The predicted octanol–water partition coefficient (Wildman–Crippen LogP) is 1.65. The van der Waals surface area contributed by atoms with Crippen LogP contribution in [0.3, 0.4) is 0 Å². The Bertz CT molecular complexity index is 553. The van der Waals surface area contributed by atoms with Gasteiger partial charge >= 0.3 is 6.03 Å². The third-order valence-electron chi connectivity index (χ3n) is 4.03. The van der Waals surface area contributed by atoms with Crippen LogP contribution in [0, 0.1) is 0 Å². The fourth-order valence-corrected chi connectivity index (χ4v) is 2.67. The van der Waals surface area contributed by atoms with Gasteiger partial charge in [-0.25, -0.2) is 4.79 Å². The minimum atomic E-state index is -0.243. The molecule has 6 heteroatoms. The maximum atomic E-state index is 12.1. The van der Waals surface area contributed by atoms with E-state index in [4.69, 9.17) is 0 Å². The summed E-state index contributed by atoms with van der Waals surface area (Å²) in [5, 5.41) is 5.73. The van der Waals surface area contributed by atoms with Crippen LogP contribution < -0.4 is 10.6 Å². The summed E-state index contributed by atoms with van der Waals surface area (Å²) in [5.74, 6) is -0.0162. The average Bonchev–Trinajstić information content (AvgIpc) is 2.49. The summed E-state index contributed by atoms with van der Waals surface area (Å²) < 4.78 is 0. The van der Waals surface area contributed by atoms with E-state index < -0.39 is 0 Å². The molecule has 1 unspecified atom stereocenters. The molecule has 0 spiro atoms. The van der Waals surface area contributed by atoms with Gasteiger partial charge in [0, 0.05) is 50.0 Å². The number of anilines is 1. The topological polar surface area (TPSA) is 64.7 Å². The van der Waals surface area contributed by atoms with Crippen molar-refractivity contribution in [3.05, 3.63) is 29.8 Å². The molecule has 1 aromatic rings. The molecule has 1 aromatic carbocycles. The number of carbonyl (C=O) groups excluding carboxylic acids is 2. The number of nitrogens with zero attached hydrogens (tertiary/aromatic N) is 2. The van der Waals surface area contributed by atoms with Gasteiger partial charge in [0.1, 0.15) is 0 Å². The van der Waals surface area contributed by atoms with Crippen molar-refractivity contribution < 1.29 is 9.59 Å². The van der Waals surface area contributed by atoms with Gasteiger partial charge in [-0.3, -0.25) is 9.69 Å². The lowest BCUT2D eigenvalue weighted by molar-refractivity contribution is 0.101. The first-order valence-electron chi connectivity index (χ1n) is 8.03. The summed E-state index contributed by atoms with van der Waals surface area (Å²) in [4.78, 5) is 28.1. The van der Waals surface area contributed by atoms with Crippen LogP contribution in [0.2, 0.25) is 0 Å². The number of benzene rings is 1. The van der Waals surface area contributed by atoms with Gasteiger partial charge in [0.2, 0.25) is 0 Å². The summed E-state index contributed by atoms with van der Waals surface area (Å²) in [6, 6.07) is 6.78. The van der Waals surface area contributed by atoms with Crippen molar-refractivity contribution in [2.24, 2.45) is 0 Å².